The normalized spacial score (nSPS) is 16.6. The maximum Gasteiger partial charge on any atom is 0.417 e. The number of amides is 2. The molecule has 2 N–H and O–H groups in total. The summed E-state index contributed by atoms with van der Waals surface area (Å²) in [5.41, 5.74) is -1.25. The topological polar surface area (TPSA) is 67.4 Å². The van der Waals surface area contributed by atoms with Gasteiger partial charge in [-0.15, -0.1) is 0 Å². The zero-order valence-corrected chi connectivity index (χ0v) is 14.9. The number of nitrogens with one attached hydrogen (secondary N) is 2. The van der Waals surface area contributed by atoms with Gasteiger partial charge in [-0.1, -0.05) is 24.3 Å². The van der Waals surface area contributed by atoms with Crippen molar-refractivity contribution < 1.29 is 27.5 Å². The lowest BCUT2D eigenvalue weighted by Gasteiger charge is -2.15. The van der Waals surface area contributed by atoms with Gasteiger partial charge in [-0.2, -0.15) is 13.2 Å². The highest BCUT2D eigenvalue weighted by atomic mass is 19.4. The molecule has 148 valence electrons. The number of hydrogen-bond donors (Lipinski definition) is 2. The second-order valence-corrected chi connectivity index (χ2v) is 6.39. The molecule has 8 heteroatoms. The SMILES string of the molecule is O=C(NCC1CCCO1)c1ccccc1NC(=O)c1ccccc1C(F)(F)F. The zero-order valence-electron chi connectivity index (χ0n) is 14.9. The predicted molar refractivity (Wildman–Crippen MR) is 97.1 cm³/mol. The quantitative estimate of drug-likeness (QED) is 0.812. The number of carbonyl (C=O) groups excluding carboxylic acids is 2. The third-order valence-electron chi connectivity index (χ3n) is 4.41. The van der Waals surface area contributed by atoms with Crippen LogP contribution >= 0.6 is 0 Å². The third-order valence-corrected chi connectivity index (χ3v) is 4.41. The minimum absolute atomic E-state index is 0.0515. The number of anilines is 1. The highest BCUT2D eigenvalue weighted by molar-refractivity contribution is 6.09. The minimum atomic E-state index is -4.66. The van der Waals surface area contributed by atoms with E-state index in [1.807, 2.05) is 0 Å². The first-order chi connectivity index (χ1) is 13.4. The summed E-state index contributed by atoms with van der Waals surface area (Å²) in [5.74, 6) is -1.37. The summed E-state index contributed by atoms with van der Waals surface area (Å²) in [4.78, 5) is 24.9. The van der Waals surface area contributed by atoms with Gasteiger partial charge >= 0.3 is 6.18 Å². The van der Waals surface area contributed by atoms with Crippen molar-refractivity contribution in [1.29, 1.82) is 0 Å². The molecule has 0 aromatic heterocycles. The van der Waals surface area contributed by atoms with Crippen LogP contribution in [0.2, 0.25) is 0 Å². The zero-order chi connectivity index (χ0) is 20.1. The summed E-state index contributed by atoms with van der Waals surface area (Å²) in [7, 11) is 0. The summed E-state index contributed by atoms with van der Waals surface area (Å²) in [6, 6.07) is 10.7. The molecule has 1 fully saturated rings. The first-order valence-corrected chi connectivity index (χ1v) is 8.82. The van der Waals surface area contributed by atoms with Gasteiger partial charge in [0.2, 0.25) is 0 Å². The summed E-state index contributed by atoms with van der Waals surface area (Å²) < 4.78 is 44.9. The number of carbonyl (C=O) groups is 2. The number of hydrogen-bond acceptors (Lipinski definition) is 3. The van der Waals surface area contributed by atoms with Crippen molar-refractivity contribution in [3.05, 3.63) is 65.2 Å². The molecule has 2 aromatic carbocycles. The monoisotopic (exact) mass is 392 g/mol. The van der Waals surface area contributed by atoms with Crippen molar-refractivity contribution in [2.45, 2.75) is 25.1 Å². The van der Waals surface area contributed by atoms with Crippen molar-refractivity contribution in [3.63, 3.8) is 0 Å². The first kappa shape index (κ1) is 19.9. The summed E-state index contributed by atoms with van der Waals surface area (Å²) in [5, 5.41) is 5.15. The Kier molecular flexibility index (Phi) is 5.99. The number of rotatable bonds is 5. The molecule has 1 heterocycles. The second kappa shape index (κ2) is 8.43. The van der Waals surface area contributed by atoms with E-state index in [4.69, 9.17) is 4.74 Å². The van der Waals surface area contributed by atoms with Gasteiger partial charge in [-0.05, 0) is 37.1 Å². The third kappa shape index (κ3) is 4.69. The van der Waals surface area contributed by atoms with E-state index in [0.29, 0.717) is 13.2 Å². The lowest BCUT2D eigenvalue weighted by Crippen LogP contribution is -2.32. The smallest absolute Gasteiger partial charge is 0.376 e. The van der Waals surface area contributed by atoms with Gasteiger partial charge in [0.25, 0.3) is 11.8 Å². The highest BCUT2D eigenvalue weighted by Crippen LogP contribution is 2.32. The molecule has 2 aromatic rings. The van der Waals surface area contributed by atoms with E-state index < -0.39 is 29.1 Å². The van der Waals surface area contributed by atoms with Crippen molar-refractivity contribution in [2.75, 3.05) is 18.5 Å². The Hall–Kier alpha value is -2.87. The molecule has 1 aliphatic heterocycles. The highest BCUT2D eigenvalue weighted by Gasteiger charge is 2.35. The van der Waals surface area contributed by atoms with E-state index in [1.54, 1.807) is 12.1 Å². The van der Waals surface area contributed by atoms with Crippen LogP contribution in [0.1, 0.15) is 39.1 Å². The Labute approximate surface area is 159 Å². The molecule has 5 nitrogen and oxygen atoms in total. The molecule has 1 saturated heterocycles. The Balaban J connectivity index is 1.76. The van der Waals surface area contributed by atoms with Gasteiger partial charge in [-0.3, -0.25) is 9.59 Å². The molecule has 0 spiro atoms. The van der Waals surface area contributed by atoms with E-state index in [9.17, 15) is 22.8 Å². The van der Waals surface area contributed by atoms with Gasteiger partial charge in [-0.25, -0.2) is 0 Å². The van der Waals surface area contributed by atoms with Crippen LogP contribution in [0.4, 0.5) is 18.9 Å². The molecule has 1 unspecified atom stereocenters. The largest absolute Gasteiger partial charge is 0.417 e. The lowest BCUT2D eigenvalue weighted by atomic mass is 10.1. The molecular weight excluding hydrogens is 373 g/mol. The number of para-hydroxylation sites is 1. The van der Waals surface area contributed by atoms with Crippen LogP contribution in [-0.2, 0) is 10.9 Å². The average Bonchev–Trinajstić information content (AvgIpc) is 3.19. The standard InChI is InChI=1S/C20H19F3N2O3/c21-20(22,23)16-9-3-1-7-14(16)19(27)25-17-10-4-2-8-15(17)18(26)24-12-13-6-5-11-28-13/h1-4,7-10,13H,5-6,11-12H2,(H,24,26)(H,25,27). The predicted octanol–water partition coefficient (Wildman–Crippen LogP) is 3.87. The van der Waals surface area contributed by atoms with Gasteiger partial charge in [0, 0.05) is 13.2 Å². The Morgan fingerprint density at radius 2 is 1.68 bits per heavy atom. The number of halogens is 3. The maximum atomic E-state index is 13.1. The first-order valence-electron chi connectivity index (χ1n) is 8.82. The summed E-state index contributed by atoms with van der Waals surface area (Å²) in [6.45, 7) is 0.990. The fourth-order valence-electron chi connectivity index (χ4n) is 3.02. The Morgan fingerprint density at radius 1 is 1.00 bits per heavy atom. The number of alkyl halides is 3. The van der Waals surface area contributed by atoms with Crippen LogP contribution in [0.25, 0.3) is 0 Å². The van der Waals surface area contributed by atoms with Crippen LogP contribution in [-0.4, -0.2) is 31.1 Å². The summed E-state index contributed by atoms with van der Waals surface area (Å²) in [6.07, 6.45) is -2.92. The average molecular weight is 392 g/mol. The molecule has 0 radical (unpaired) electrons. The molecule has 2 amide bonds. The molecule has 1 aliphatic rings. The molecule has 1 atom stereocenters. The molecule has 0 bridgehead atoms. The lowest BCUT2D eigenvalue weighted by molar-refractivity contribution is -0.137. The molecule has 28 heavy (non-hydrogen) atoms. The van der Waals surface area contributed by atoms with Crippen molar-refractivity contribution in [3.8, 4) is 0 Å². The number of benzene rings is 2. The maximum absolute atomic E-state index is 13.1. The summed E-state index contributed by atoms with van der Waals surface area (Å²) >= 11 is 0. The van der Waals surface area contributed by atoms with Crippen LogP contribution in [0, 0.1) is 0 Å². The number of ether oxygens (including phenoxy) is 1. The molecular formula is C20H19F3N2O3. The van der Waals surface area contributed by atoms with Gasteiger partial charge in [0.1, 0.15) is 0 Å². The Morgan fingerprint density at radius 3 is 2.36 bits per heavy atom. The van der Waals surface area contributed by atoms with Crippen LogP contribution in [0.5, 0.6) is 0 Å². The van der Waals surface area contributed by atoms with E-state index in [1.165, 1.54) is 24.3 Å². The van der Waals surface area contributed by atoms with Gasteiger partial charge < -0.3 is 15.4 Å². The minimum Gasteiger partial charge on any atom is -0.376 e. The van der Waals surface area contributed by atoms with E-state index >= 15 is 0 Å². The second-order valence-electron chi connectivity index (χ2n) is 6.39. The van der Waals surface area contributed by atoms with Gasteiger partial charge in [0.15, 0.2) is 0 Å². The van der Waals surface area contributed by atoms with Crippen molar-refractivity contribution in [1.82, 2.24) is 5.32 Å². The van der Waals surface area contributed by atoms with E-state index in [0.717, 1.165) is 25.0 Å². The molecule has 3 rings (SSSR count). The van der Waals surface area contributed by atoms with Crippen molar-refractivity contribution >= 4 is 17.5 Å². The van der Waals surface area contributed by atoms with Crippen LogP contribution < -0.4 is 10.6 Å². The fourth-order valence-corrected chi connectivity index (χ4v) is 3.02. The van der Waals surface area contributed by atoms with E-state index in [-0.39, 0.29) is 17.4 Å². The van der Waals surface area contributed by atoms with Crippen LogP contribution in [0.15, 0.2) is 48.5 Å². The molecule has 0 aliphatic carbocycles. The van der Waals surface area contributed by atoms with Gasteiger partial charge in [0.05, 0.1) is 28.5 Å². The van der Waals surface area contributed by atoms with Crippen LogP contribution in [0.3, 0.4) is 0 Å². The fraction of sp³-hybridized carbons (Fsp3) is 0.300. The molecule has 0 saturated carbocycles. The Bertz CT molecular complexity index is 862. The van der Waals surface area contributed by atoms with Crippen molar-refractivity contribution in [2.24, 2.45) is 0 Å². The van der Waals surface area contributed by atoms with E-state index in [2.05, 4.69) is 10.6 Å².